The van der Waals surface area contributed by atoms with Crippen LogP contribution in [-0.2, 0) is 11.2 Å². The molecule has 0 saturated carbocycles. The van der Waals surface area contributed by atoms with Crippen molar-refractivity contribution in [1.82, 2.24) is 0 Å². The van der Waals surface area contributed by atoms with Crippen molar-refractivity contribution >= 4 is 16.7 Å². The molecule has 0 fully saturated rings. The first kappa shape index (κ1) is 14.7. The standard InChI is InChI=1S/C15H15N3O3/c1-21-13-6-5-11-8-10(2-4-12(11)9-13)3-7-14(15(19)20)17-18-16/h2,4-6,8-9,14H,3,7H2,1H3,(H,19,20). The predicted molar refractivity (Wildman–Crippen MR) is 79.4 cm³/mol. The van der Waals surface area contributed by atoms with Crippen molar-refractivity contribution in [1.29, 1.82) is 0 Å². The highest BCUT2D eigenvalue weighted by molar-refractivity contribution is 5.84. The molecule has 0 spiro atoms. The molecule has 0 aliphatic heterocycles. The lowest BCUT2D eigenvalue weighted by atomic mass is 10.0. The minimum atomic E-state index is -1.10. The Labute approximate surface area is 121 Å². The van der Waals surface area contributed by atoms with Crippen LogP contribution >= 0.6 is 0 Å². The topological polar surface area (TPSA) is 95.3 Å². The van der Waals surface area contributed by atoms with Crippen molar-refractivity contribution in [3.63, 3.8) is 0 Å². The number of fused-ring (bicyclic) bond motifs is 1. The second-order valence-corrected chi connectivity index (χ2v) is 4.65. The number of rotatable bonds is 6. The van der Waals surface area contributed by atoms with Gasteiger partial charge in [0.2, 0.25) is 0 Å². The zero-order chi connectivity index (χ0) is 15.2. The number of azide groups is 1. The number of benzene rings is 2. The molecule has 0 amide bonds. The van der Waals surface area contributed by atoms with Gasteiger partial charge in [0.1, 0.15) is 11.8 Å². The fourth-order valence-corrected chi connectivity index (χ4v) is 2.15. The molecule has 2 aromatic rings. The van der Waals surface area contributed by atoms with E-state index in [2.05, 4.69) is 10.0 Å². The number of carboxylic acids is 1. The van der Waals surface area contributed by atoms with E-state index in [1.54, 1.807) is 7.11 Å². The molecule has 0 bridgehead atoms. The van der Waals surface area contributed by atoms with Gasteiger partial charge in [0.25, 0.3) is 0 Å². The zero-order valence-electron chi connectivity index (χ0n) is 11.6. The minimum absolute atomic E-state index is 0.279. The first-order valence-electron chi connectivity index (χ1n) is 6.47. The molecule has 0 aromatic heterocycles. The molecule has 0 aliphatic carbocycles. The van der Waals surface area contributed by atoms with Crippen LogP contribution in [0, 0.1) is 0 Å². The van der Waals surface area contributed by atoms with Crippen LogP contribution < -0.4 is 4.74 Å². The lowest BCUT2D eigenvalue weighted by molar-refractivity contribution is -0.138. The van der Waals surface area contributed by atoms with E-state index < -0.39 is 12.0 Å². The third-order valence-electron chi connectivity index (χ3n) is 3.29. The molecule has 0 aliphatic rings. The van der Waals surface area contributed by atoms with Crippen LogP contribution in [0.5, 0.6) is 5.75 Å². The molecule has 1 unspecified atom stereocenters. The van der Waals surface area contributed by atoms with Crippen LogP contribution in [0.4, 0.5) is 0 Å². The Morgan fingerprint density at radius 3 is 2.71 bits per heavy atom. The number of methoxy groups -OCH3 is 1. The summed E-state index contributed by atoms with van der Waals surface area (Å²) < 4.78 is 5.17. The second-order valence-electron chi connectivity index (χ2n) is 4.65. The van der Waals surface area contributed by atoms with Gasteiger partial charge in [0.15, 0.2) is 0 Å². The molecule has 1 N–H and O–H groups in total. The van der Waals surface area contributed by atoms with E-state index in [0.29, 0.717) is 6.42 Å². The highest BCUT2D eigenvalue weighted by atomic mass is 16.5. The Balaban J connectivity index is 2.16. The third-order valence-corrected chi connectivity index (χ3v) is 3.29. The maximum Gasteiger partial charge on any atom is 0.312 e. The Bertz CT molecular complexity index is 706. The average molecular weight is 285 g/mol. The average Bonchev–Trinajstić information content (AvgIpc) is 2.50. The molecule has 6 nitrogen and oxygen atoms in total. The van der Waals surface area contributed by atoms with Gasteiger partial charge in [-0.3, -0.25) is 4.79 Å². The van der Waals surface area contributed by atoms with Gasteiger partial charge in [-0.05, 0) is 46.8 Å². The summed E-state index contributed by atoms with van der Waals surface area (Å²) in [5.74, 6) is -0.303. The highest BCUT2D eigenvalue weighted by Gasteiger charge is 2.15. The highest BCUT2D eigenvalue weighted by Crippen LogP contribution is 2.22. The molecule has 0 heterocycles. The number of hydrogen-bond acceptors (Lipinski definition) is 3. The second kappa shape index (κ2) is 6.63. The molecule has 108 valence electrons. The third kappa shape index (κ3) is 3.64. The molecule has 2 rings (SSSR count). The smallest absolute Gasteiger partial charge is 0.312 e. The van der Waals surface area contributed by atoms with Crippen LogP contribution in [0.2, 0.25) is 0 Å². The molecule has 21 heavy (non-hydrogen) atoms. The summed E-state index contributed by atoms with van der Waals surface area (Å²) in [4.78, 5) is 13.5. The largest absolute Gasteiger partial charge is 0.497 e. The van der Waals surface area contributed by atoms with Crippen molar-refractivity contribution in [3.8, 4) is 5.75 Å². The summed E-state index contributed by atoms with van der Waals surface area (Å²) in [6.07, 6.45) is 0.818. The van der Waals surface area contributed by atoms with Gasteiger partial charge < -0.3 is 9.84 Å². The van der Waals surface area contributed by atoms with Gasteiger partial charge >= 0.3 is 5.97 Å². The first-order chi connectivity index (χ1) is 10.1. The van der Waals surface area contributed by atoms with Crippen molar-refractivity contribution in [2.45, 2.75) is 18.9 Å². The monoisotopic (exact) mass is 285 g/mol. The van der Waals surface area contributed by atoms with Gasteiger partial charge in [-0.2, -0.15) is 0 Å². The van der Waals surface area contributed by atoms with Crippen molar-refractivity contribution in [2.75, 3.05) is 7.11 Å². The molecular weight excluding hydrogens is 270 g/mol. The van der Waals surface area contributed by atoms with Crippen molar-refractivity contribution in [3.05, 3.63) is 52.4 Å². The quantitative estimate of drug-likeness (QED) is 0.499. The lowest BCUT2D eigenvalue weighted by Gasteiger charge is -2.08. The normalized spacial score (nSPS) is 11.7. The van der Waals surface area contributed by atoms with E-state index >= 15 is 0 Å². The van der Waals surface area contributed by atoms with Gasteiger partial charge in [0, 0.05) is 4.91 Å². The van der Waals surface area contributed by atoms with Gasteiger partial charge in [-0.25, -0.2) is 0 Å². The Kier molecular flexibility index (Phi) is 4.64. The maximum atomic E-state index is 10.9. The van der Waals surface area contributed by atoms with Crippen LogP contribution in [0.1, 0.15) is 12.0 Å². The Hall–Kier alpha value is -2.72. The number of nitrogens with zero attached hydrogens (tertiary/aromatic N) is 3. The van der Waals surface area contributed by atoms with Crippen LogP contribution in [0.15, 0.2) is 41.5 Å². The molecular formula is C15H15N3O3. The van der Waals surface area contributed by atoms with E-state index in [1.807, 2.05) is 36.4 Å². The SMILES string of the molecule is COc1ccc2cc(CCC(N=[N+]=[N-])C(=O)O)ccc2c1. The summed E-state index contributed by atoms with van der Waals surface area (Å²) in [7, 11) is 1.62. The lowest BCUT2D eigenvalue weighted by Crippen LogP contribution is -2.17. The van der Waals surface area contributed by atoms with Crippen molar-refractivity contribution < 1.29 is 14.6 Å². The number of carbonyl (C=O) groups is 1. The van der Waals surface area contributed by atoms with Gasteiger partial charge in [-0.1, -0.05) is 29.4 Å². The van der Waals surface area contributed by atoms with Crippen LogP contribution in [-0.4, -0.2) is 24.2 Å². The van der Waals surface area contributed by atoms with E-state index in [4.69, 9.17) is 15.4 Å². The van der Waals surface area contributed by atoms with Crippen LogP contribution in [0.25, 0.3) is 21.2 Å². The number of aryl methyl sites for hydroxylation is 1. The molecule has 0 radical (unpaired) electrons. The summed E-state index contributed by atoms with van der Waals surface area (Å²) in [6.45, 7) is 0. The zero-order valence-corrected chi connectivity index (χ0v) is 11.6. The van der Waals surface area contributed by atoms with Crippen LogP contribution in [0.3, 0.4) is 0 Å². The summed E-state index contributed by atoms with van der Waals surface area (Å²) in [5.41, 5.74) is 9.36. The molecule has 1 atom stereocenters. The number of hydrogen-bond donors (Lipinski definition) is 1. The molecule has 2 aromatic carbocycles. The van der Waals surface area contributed by atoms with E-state index in [0.717, 1.165) is 22.1 Å². The molecule has 0 saturated heterocycles. The van der Waals surface area contributed by atoms with E-state index in [1.165, 1.54) is 0 Å². The minimum Gasteiger partial charge on any atom is -0.497 e. The number of carboxylic acid groups (broad SMARTS) is 1. The van der Waals surface area contributed by atoms with Gasteiger partial charge in [0.05, 0.1) is 7.11 Å². The summed E-state index contributed by atoms with van der Waals surface area (Å²) >= 11 is 0. The fourth-order valence-electron chi connectivity index (χ4n) is 2.15. The predicted octanol–water partition coefficient (Wildman–Crippen LogP) is 3.54. The summed E-state index contributed by atoms with van der Waals surface area (Å²) in [5, 5.41) is 14.3. The van der Waals surface area contributed by atoms with E-state index in [-0.39, 0.29) is 6.42 Å². The summed E-state index contributed by atoms with van der Waals surface area (Å²) in [6, 6.07) is 10.7. The number of ether oxygens (including phenoxy) is 1. The Morgan fingerprint density at radius 1 is 1.33 bits per heavy atom. The first-order valence-corrected chi connectivity index (χ1v) is 6.47. The maximum absolute atomic E-state index is 10.9. The van der Waals surface area contributed by atoms with Gasteiger partial charge in [-0.15, -0.1) is 0 Å². The number of aliphatic carboxylic acids is 1. The molecule has 6 heteroatoms. The van der Waals surface area contributed by atoms with E-state index in [9.17, 15) is 4.79 Å². The Morgan fingerprint density at radius 2 is 2.05 bits per heavy atom. The fraction of sp³-hybridized carbons (Fsp3) is 0.267. The van der Waals surface area contributed by atoms with Crippen molar-refractivity contribution in [2.24, 2.45) is 5.11 Å².